The first kappa shape index (κ1) is 8.59. The number of nitrogens with two attached hydrogens (primary N) is 2. The highest BCUT2D eigenvalue weighted by Gasteiger charge is 1.99. The first-order valence-corrected chi connectivity index (χ1v) is 3.90. The van der Waals surface area contributed by atoms with Crippen LogP contribution in [-0.4, -0.2) is 5.71 Å². The molecule has 1 rings (SSSR count). The van der Waals surface area contributed by atoms with Crippen molar-refractivity contribution in [2.24, 2.45) is 10.9 Å². The molecule has 1 aromatic carbocycles. The molecule has 0 bridgehead atoms. The summed E-state index contributed by atoms with van der Waals surface area (Å²) < 4.78 is 0. The average Bonchev–Trinajstić information content (AvgIpc) is 2.07. The van der Waals surface area contributed by atoms with Crippen molar-refractivity contribution in [3.8, 4) is 0 Å². The van der Waals surface area contributed by atoms with Gasteiger partial charge in [-0.05, 0) is 24.1 Å². The van der Waals surface area contributed by atoms with Crippen molar-refractivity contribution < 1.29 is 0 Å². The molecule has 12 heavy (non-hydrogen) atoms. The zero-order valence-corrected chi connectivity index (χ0v) is 7.12. The summed E-state index contributed by atoms with van der Waals surface area (Å²) in [6.07, 6.45) is 0.819. The Balaban J connectivity index is 3.02. The number of anilines is 1. The Labute approximate surface area is 72.1 Å². The standard InChI is InChI=1S/C9H13N3/c1-2-9(12-11)7-4-3-5-8(10)6-7/h3-6H,2,10-11H2,1H3/b12-9+. The fourth-order valence-electron chi connectivity index (χ4n) is 1.09. The molecule has 0 unspecified atom stereocenters. The van der Waals surface area contributed by atoms with Gasteiger partial charge >= 0.3 is 0 Å². The van der Waals surface area contributed by atoms with E-state index in [-0.39, 0.29) is 0 Å². The SMILES string of the molecule is CC/C(=N\N)c1cccc(N)c1. The maximum Gasteiger partial charge on any atom is 0.0670 e. The molecule has 0 saturated heterocycles. The van der Waals surface area contributed by atoms with Crippen LogP contribution in [0.4, 0.5) is 5.69 Å². The number of hydrogen-bond acceptors (Lipinski definition) is 3. The van der Waals surface area contributed by atoms with Gasteiger partial charge in [-0.3, -0.25) is 0 Å². The van der Waals surface area contributed by atoms with Crippen LogP contribution in [0.15, 0.2) is 29.4 Å². The summed E-state index contributed by atoms with van der Waals surface area (Å²) in [7, 11) is 0. The van der Waals surface area contributed by atoms with Gasteiger partial charge in [-0.2, -0.15) is 5.10 Å². The summed E-state index contributed by atoms with van der Waals surface area (Å²) >= 11 is 0. The molecule has 0 aromatic heterocycles. The minimum absolute atomic E-state index is 0.738. The first-order chi connectivity index (χ1) is 5.77. The lowest BCUT2D eigenvalue weighted by Gasteiger charge is -2.02. The van der Waals surface area contributed by atoms with Gasteiger partial charge in [0.2, 0.25) is 0 Å². The highest BCUT2D eigenvalue weighted by atomic mass is 15.1. The lowest BCUT2D eigenvalue weighted by Crippen LogP contribution is -2.02. The van der Waals surface area contributed by atoms with Gasteiger partial charge in [0.1, 0.15) is 0 Å². The van der Waals surface area contributed by atoms with Gasteiger partial charge in [0.15, 0.2) is 0 Å². The minimum atomic E-state index is 0.738. The monoisotopic (exact) mass is 163 g/mol. The Kier molecular flexibility index (Phi) is 2.69. The third-order valence-electron chi connectivity index (χ3n) is 1.71. The average molecular weight is 163 g/mol. The molecule has 0 atom stereocenters. The molecular weight excluding hydrogens is 150 g/mol. The summed E-state index contributed by atoms with van der Waals surface area (Å²) in [5, 5.41) is 3.68. The smallest absolute Gasteiger partial charge is 0.0670 e. The molecule has 3 heteroatoms. The van der Waals surface area contributed by atoms with Crippen molar-refractivity contribution in [1.29, 1.82) is 0 Å². The molecular formula is C9H13N3. The number of nitrogen functional groups attached to an aromatic ring is 1. The van der Waals surface area contributed by atoms with Gasteiger partial charge in [0.25, 0.3) is 0 Å². The summed E-state index contributed by atoms with van der Waals surface area (Å²) in [6.45, 7) is 2.01. The van der Waals surface area contributed by atoms with Crippen molar-refractivity contribution in [1.82, 2.24) is 0 Å². The van der Waals surface area contributed by atoms with E-state index in [9.17, 15) is 0 Å². The van der Waals surface area contributed by atoms with E-state index in [0.29, 0.717) is 0 Å². The van der Waals surface area contributed by atoms with Crippen LogP contribution in [-0.2, 0) is 0 Å². The van der Waals surface area contributed by atoms with Crippen LogP contribution in [0.1, 0.15) is 18.9 Å². The molecule has 4 N–H and O–H groups in total. The second-order valence-electron chi connectivity index (χ2n) is 2.55. The number of hydrogen-bond donors (Lipinski definition) is 2. The van der Waals surface area contributed by atoms with Gasteiger partial charge in [0, 0.05) is 5.69 Å². The number of rotatable bonds is 2. The van der Waals surface area contributed by atoms with Crippen LogP contribution in [0, 0.1) is 0 Å². The molecule has 0 amide bonds. The van der Waals surface area contributed by atoms with E-state index in [2.05, 4.69) is 5.10 Å². The molecule has 0 radical (unpaired) electrons. The number of nitrogens with zero attached hydrogens (tertiary/aromatic N) is 1. The van der Waals surface area contributed by atoms with Crippen LogP contribution in [0.5, 0.6) is 0 Å². The Bertz CT molecular complexity index is 292. The van der Waals surface area contributed by atoms with E-state index < -0.39 is 0 Å². The fourth-order valence-corrected chi connectivity index (χ4v) is 1.09. The van der Waals surface area contributed by atoms with Crippen LogP contribution < -0.4 is 11.6 Å². The molecule has 0 spiro atoms. The van der Waals surface area contributed by atoms with Crippen LogP contribution in [0.25, 0.3) is 0 Å². The second-order valence-corrected chi connectivity index (χ2v) is 2.55. The van der Waals surface area contributed by atoms with Crippen molar-refractivity contribution in [3.05, 3.63) is 29.8 Å². The van der Waals surface area contributed by atoms with Gasteiger partial charge in [0.05, 0.1) is 5.71 Å². The lowest BCUT2D eigenvalue weighted by atomic mass is 10.1. The fraction of sp³-hybridized carbons (Fsp3) is 0.222. The van der Waals surface area contributed by atoms with Crippen LogP contribution in [0.3, 0.4) is 0 Å². The van der Waals surface area contributed by atoms with Gasteiger partial charge in [-0.1, -0.05) is 19.1 Å². The lowest BCUT2D eigenvalue weighted by molar-refractivity contribution is 1.17. The van der Waals surface area contributed by atoms with Gasteiger partial charge < -0.3 is 11.6 Å². The van der Waals surface area contributed by atoms with E-state index in [0.717, 1.165) is 23.4 Å². The molecule has 0 aliphatic carbocycles. The van der Waals surface area contributed by atoms with E-state index in [1.807, 2.05) is 31.2 Å². The van der Waals surface area contributed by atoms with E-state index in [1.54, 1.807) is 0 Å². The molecule has 0 heterocycles. The third-order valence-corrected chi connectivity index (χ3v) is 1.71. The number of benzene rings is 1. The molecule has 0 aliphatic heterocycles. The molecule has 64 valence electrons. The zero-order valence-electron chi connectivity index (χ0n) is 7.12. The maximum atomic E-state index is 5.61. The highest BCUT2D eigenvalue weighted by molar-refractivity contribution is 6.00. The summed E-state index contributed by atoms with van der Waals surface area (Å²) in [5.74, 6) is 5.21. The molecule has 3 nitrogen and oxygen atoms in total. The van der Waals surface area contributed by atoms with Gasteiger partial charge in [-0.15, -0.1) is 0 Å². The Morgan fingerprint density at radius 1 is 1.50 bits per heavy atom. The molecule has 1 aromatic rings. The quantitative estimate of drug-likeness (QED) is 0.299. The predicted octanol–water partition coefficient (Wildman–Crippen LogP) is 1.34. The molecule has 0 saturated carbocycles. The van der Waals surface area contributed by atoms with E-state index in [1.165, 1.54) is 0 Å². The second kappa shape index (κ2) is 3.76. The van der Waals surface area contributed by atoms with Crippen LogP contribution in [0.2, 0.25) is 0 Å². The third kappa shape index (κ3) is 1.75. The van der Waals surface area contributed by atoms with Gasteiger partial charge in [-0.25, -0.2) is 0 Å². The first-order valence-electron chi connectivity index (χ1n) is 3.90. The van der Waals surface area contributed by atoms with Crippen molar-refractivity contribution >= 4 is 11.4 Å². The van der Waals surface area contributed by atoms with E-state index >= 15 is 0 Å². The van der Waals surface area contributed by atoms with Crippen LogP contribution >= 0.6 is 0 Å². The van der Waals surface area contributed by atoms with Crippen molar-refractivity contribution in [3.63, 3.8) is 0 Å². The normalized spacial score (nSPS) is 11.6. The predicted molar refractivity (Wildman–Crippen MR) is 51.9 cm³/mol. The highest BCUT2D eigenvalue weighted by Crippen LogP contribution is 2.08. The van der Waals surface area contributed by atoms with Crippen molar-refractivity contribution in [2.75, 3.05) is 5.73 Å². The molecule has 0 fully saturated rings. The minimum Gasteiger partial charge on any atom is -0.399 e. The van der Waals surface area contributed by atoms with E-state index in [4.69, 9.17) is 11.6 Å². The number of hydrazone groups is 1. The largest absolute Gasteiger partial charge is 0.399 e. The Morgan fingerprint density at radius 3 is 2.75 bits per heavy atom. The maximum absolute atomic E-state index is 5.61. The summed E-state index contributed by atoms with van der Waals surface area (Å²) in [4.78, 5) is 0. The Morgan fingerprint density at radius 2 is 2.25 bits per heavy atom. The summed E-state index contributed by atoms with van der Waals surface area (Å²) in [5.41, 5.74) is 8.23. The Hall–Kier alpha value is -1.51. The zero-order chi connectivity index (χ0) is 8.97. The molecule has 0 aliphatic rings. The topological polar surface area (TPSA) is 64.4 Å². The van der Waals surface area contributed by atoms with Crippen molar-refractivity contribution in [2.45, 2.75) is 13.3 Å². The summed E-state index contributed by atoms with van der Waals surface area (Å²) in [6, 6.07) is 7.56.